The second kappa shape index (κ2) is 10.8. The molecule has 0 saturated carbocycles. The standard InChI is InChI=1S/C25H27N3O3S2/c29-25(26-19-23(24-9-6-17-32-24)28-15-4-5-16-28)21-10-12-22(13-11-21)27-33(30,31)18-14-20-7-2-1-3-8-20/h1-3,6-14,17-18,23,27H,4-5,15-16,19H2,(H,26,29)/b18-14+. The van der Waals surface area contributed by atoms with Gasteiger partial charge in [0.15, 0.2) is 0 Å². The van der Waals surface area contributed by atoms with Crippen LogP contribution < -0.4 is 10.0 Å². The molecule has 4 rings (SSSR count). The van der Waals surface area contributed by atoms with Crippen LogP contribution in [-0.2, 0) is 10.0 Å². The fourth-order valence-corrected chi connectivity index (χ4v) is 5.59. The number of hydrogen-bond donors (Lipinski definition) is 2. The summed E-state index contributed by atoms with van der Waals surface area (Å²) >= 11 is 1.71. The summed E-state index contributed by atoms with van der Waals surface area (Å²) in [4.78, 5) is 16.4. The fourth-order valence-electron chi connectivity index (χ4n) is 3.86. The third-order valence-electron chi connectivity index (χ3n) is 5.56. The first kappa shape index (κ1) is 23.2. The number of carbonyl (C=O) groups is 1. The van der Waals surface area contributed by atoms with Gasteiger partial charge in [-0.3, -0.25) is 14.4 Å². The number of thiophene rings is 1. The first-order valence-corrected chi connectivity index (χ1v) is 13.3. The minimum atomic E-state index is -3.66. The number of likely N-dealkylation sites (tertiary alicyclic amines) is 1. The predicted octanol–water partition coefficient (Wildman–Crippen LogP) is 4.73. The second-order valence-electron chi connectivity index (χ2n) is 7.92. The largest absolute Gasteiger partial charge is 0.350 e. The Bertz CT molecular complexity index is 1170. The summed E-state index contributed by atoms with van der Waals surface area (Å²) in [6.07, 6.45) is 3.91. The van der Waals surface area contributed by atoms with Gasteiger partial charge in [0.2, 0.25) is 0 Å². The minimum Gasteiger partial charge on any atom is -0.350 e. The third kappa shape index (κ3) is 6.54. The number of benzene rings is 2. The lowest BCUT2D eigenvalue weighted by Crippen LogP contribution is -2.36. The number of amides is 1. The molecule has 8 heteroatoms. The smallest absolute Gasteiger partial charge is 0.255 e. The van der Waals surface area contributed by atoms with E-state index in [1.54, 1.807) is 35.6 Å². The van der Waals surface area contributed by atoms with Gasteiger partial charge >= 0.3 is 0 Å². The zero-order chi connectivity index (χ0) is 23.1. The molecular formula is C25H27N3O3S2. The van der Waals surface area contributed by atoms with Crippen LogP contribution in [0.25, 0.3) is 6.08 Å². The first-order valence-electron chi connectivity index (χ1n) is 10.9. The van der Waals surface area contributed by atoms with Crippen LogP contribution in [-0.4, -0.2) is 38.9 Å². The number of nitrogens with zero attached hydrogens (tertiary/aromatic N) is 1. The van der Waals surface area contributed by atoms with Crippen molar-refractivity contribution in [1.82, 2.24) is 10.2 Å². The van der Waals surface area contributed by atoms with Crippen LogP contribution in [0, 0.1) is 0 Å². The molecule has 6 nitrogen and oxygen atoms in total. The summed E-state index contributed by atoms with van der Waals surface area (Å²) < 4.78 is 27.2. The van der Waals surface area contributed by atoms with E-state index in [2.05, 4.69) is 26.4 Å². The predicted molar refractivity (Wildman–Crippen MR) is 135 cm³/mol. The van der Waals surface area contributed by atoms with Crippen molar-refractivity contribution in [3.8, 4) is 0 Å². The second-order valence-corrected chi connectivity index (χ2v) is 10.5. The third-order valence-corrected chi connectivity index (χ3v) is 7.54. The van der Waals surface area contributed by atoms with E-state index < -0.39 is 10.0 Å². The highest BCUT2D eigenvalue weighted by atomic mass is 32.2. The van der Waals surface area contributed by atoms with Crippen molar-refractivity contribution in [2.24, 2.45) is 0 Å². The Morgan fingerprint density at radius 2 is 1.73 bits per heavy atom. The van der Waals surface area contributed by atoms with Gasteiger partial charge < -0.3 is 5.32 Å². The zero-order valence-corrected chi connectivity index (χ0v) is 19.8. The molecule has 0 spiro atoms. The lowest BCUT2D eigenvalue weighted by atomic mass is 10.1. The van der Waals surface area contributed by atoms with Gasteiger partial charge in [0, 0.05) is 22.7 Å². The van der Waals surface area contributed by atoms with Gasteiger partial charge in [-0.05, 0) is 73.3 Å². The van der Waals surface area contributed by atoms with Crippen LogP contribution in [0.5, 0.6) is 0 Å². The summed E-state index contributed by atoms with van der Waals surface area (Å²) in [5, 5.41) is 6.24. The lowest BCUT2D eigenvalue weighted by molar-refractivity contribution is 0.0938. The summed E-state index contributed by atoms with van der Waals surface area (Å²) in [6, 6.07) is 20.0. The molecule has 2 heterocycles. The molecule has 3 aromatic rings. The average molecular weight is 482 g/mol. The van der Waals surface area contributed by atoms with Crippen molar-refractivity contribution in [1.29, 1.82) is 0 Å². The van der Waals surface area contributed by atoms with Gasteiger partial charge in [-0.2, -0.15) is 0 Å². The number of rotatable bonds is 9. The molecule has 0 radical (unpaired) electrons. The molecule has 1 aromatic heterocycles. The maximum absolute atomic E-state index is 12.7. The van der Waals surface area contributed by atoms with Crippen molar-refractivity contribution in [2.45, 2.75) is 18.9 Å². The highest BCUT2D eigenvalue weighted by Crippen LogP contribution is 2.28. The van der Waals surface area contributed by atoms with E-state index in [0.29, 0.717) is 17.8 Å². The lowest BCUT2D eigenvalue weighted by Gasteiger charge is -2.27. The molecule has 0 bridgehead atoms. The number of anilines is 1. The average Bonchev–Trinajstić information content (AvgIpc) is 3.54. The minimum absolute atomic E-state index is 0.172. The van der Waals surface area contributed by atoms with E-state index >= 15 is 0 Å². The molecule has 172 valence electrons. The number of hydrogen-bond acceptors (Lipinski definition) is 5. The summed E-state index contributed by atoms with van der Waals surface area (Å²) in [7, 11) is -3.66. The van der Waals surface area contributed by atoms with Gasteiger partial charge in [-0.15, -0.1) is 11.3 Å². The van der Waals surface area contributed by atoms with Gasteiger partial charge in [0.1, 0.15) is 0 Å². The van der Waals surface area contributed by atoms with E-state index in [0.717, 1.165) is 24.1 Å². The van der Waals surface area contributed by atoms with Crippen LogP contribution in [0.1, 0.15) is 39.7 Å². The van der Waals surface area contributed by atoms with Crippen molar-refractivity contribution >= 4 is 39.0 Å². The van der Waals surface area contributed by atoms with E-state index in [9.17, 15) is 13.2 Å². The quantitative estimate of drug-likeness (QED) is 0.463. The Balaban J connectivity index is 1.35. The van der Waals surface area contributed by atoms with E-state index in [1.807, 2.05) is 36.4 Å². The number of nitrogens with one attached hydrogen (secondary N) is 2. The zero-order valence-electron chi connectivity index (χ0n) is 18.2. The van der Waals surface area contributed by atoms with Crippen molar-refractivity contribution in [3.05, 3.63) is 93.5 Å². The van der Waals surface area contributed by atoms with E-state index in [4.69, 9.17) is 0 Å². The van der Waals surface area contributed by atoms with Gasteiger partial charge in [0.05, 0.1) is 11.4 Å². The van der Waals surface area contributed by atoms with Crippen LogP contribution in [0.15, 0.2) is 77.5 Å². The monoisotopic (exact) mass is 481 g/mol. The maximum Gasteiger partial charge on any atom is 0.255 e. The summed E-state index contributed by atoms with van der Waals surface area (Å²) in [5.41, 5.74) is 1.69. The van der Waals surface area contributed by atoms with Crippen LogP contribution in [0.4, 0.5) is 5.69 Å². The van der Waals surface area contributed by atoms with Gasteiger partial charge in [-0.1, -0.05) is 36.4 Å². The molecule has 1 aliphatic heterocycles. The highest BCUT2D eigenvalue weighted by Gasteiger charge is 2.24. The molecule has 2 aromatic carbocycles. The normalized spacial score (nSPS) is 15.5. The molecular weight excluding hydrogens is 454 g/mol. The topological polar surface area (TPSA) is 78.5 Å². The Hall–Kier alpha value is -2.94. The van der Waals surface area contributed by atoms with Gasteiger partial charge in [0.25, 0.3) is 15.9 Å². The molecule has 0 aliphatic carbocycles. The van der Waals surface area contributed by atoms with Crippen molar-refractivity contribution in [2.75, 3.05) is 24.4 Å². The molecule has 1 fully saturated rings. The van der Waals surface area contributed by atoms with Crippen LogP contribution in [0.3, 0.4) is 0 Å². The number of carbonyl (C=O) groups excluding carboxylic acids is 1. The van der Waals surface area contributed by atoms with Crippen molar-refractivity contribution < 1.29 is 13.2 Å². The van der Waals surface area contributed by atoms with Crippen LogP contribution >= 0.6 is 11.3 Å². The Kier molecular flexibility index (Phi) is 7.59. The van der Waals surface area contributed by atoms with E-state index in [-0.39, 0.29) is 11.9 Å². The Morgan fingerprint density at radius 3 is 2.39 bits per heavy atom. The molecule has 1 atom stereocenters. The molecule has 1 unspecified atom stereocenters. The number of sulfonamides is 1. The summed E-state index contributed by atoms with van der Waals surface area (Å²) in [5.74, 6) is -0.172. The van der Waals surface area contributed by atoms with Crippen LogP contribution in [0.2, 0.25) is 0 Å². The molecule has 1 aliphatic rings. The fraction of sp³-hybridized carbons (Fsp3) is 0.240. The Labute approximate surface area is 199 Å². The molecule has 33 heavy (non-hydrogen) atoms. The molecule has 2 N–H and O–H groups in total. The highest BCUT2D eigenvalue weighted by molar-refractivity contribution is 7.95. The Morgan fingerprint density at radius 1 is 1.00 bits per heavy atom. The molecule has 1 saturated heterocycles. The van der Waals surface area contributed by atoms with Crippen molar-refractivity contribution in [3.63, 3.8) is 0 Å². The SMILES string of the molecule is O=C(NCC(c1cccs1)N1CCCC1)c1ccc(NS(=O)(=O)/C=C/c2ccccc2)cc1. The van der Waals surface area contributed by atoms with E-state index in [1.165, 1.54) is 23.8 Å². The van der Waals surface area contributed by atoms with Gasteiger partial charge in [-0.25, -0.2) is 8.42 Å². The first-order chi connectivity index (χ1) is 16.0. The maximum atomic E-state index is 12.7. The summed E-state index contributed by atoms with van der Waals surface area (Å²) in [6.45, 7) is 2.63. The molecule has 1 amide bonds.